The second kappa shape index (κ2) is 9.95. The minimum absolute atomic E-state index is 0.203. The van der Waals surface area contributed by atoms with Crippen molar-refractivity contribution in [3.8, 4) is 17.3 Å². The van der Waals surface area contributed by atoms with Crippen LogP contribution < -0.4 is 16.4 Å². The predicted octanol–water partition coefficient (Wildman–Crippen LogP) is 3.04. The Labute approximate surface area is 180 Å². The number of hydrogen-bond donors (Lipinski definition) is 4. The van der Waals surface area contributed by atoms with Gasteiger partial charge in [-0.15, -0.1) is 0 Å². The van der Waals surface area contributed by atoms with Crippen molar-refractivity contribution in [1.82, 2.24) is 9.97 Å². The standard InChI is InChI=1S/C21H26N6O4/c1-3-31-20(28)15-7-5-4-6-14(23)19-26-17(11-22)18(27-19)13-9-8-12(10-16(13)25-15)24-21(29)30-2/h8-10,14-15,25H,3-7,23H2,1-2H3,(H,24,29)(H,26,27)/t14-,15+/m0/s1. The highest BCUT2D eigenvalue weighted by Gasteiger charge is 2.25. The number of aromatic amines is 1. The van der Waals surface area contributed by atoms with Crippen LogP contribution in [0.5, 0.6) is 0 Å². The number of fused-ring (bicyclic) bond motifs is 4. The lowest BCUT2D eigenvalue weighted by atomic mass is 10.0. The minimum Gasteiger partial charge on any atom is -0.464 e. The first kappa shape index (κ1) is 22.1. The van der Waals surface area contributed by atoms with E-state index in [-0.39, 0.29) is 24.3 Å². The summed E-state index contributed by atoms with van der Waals surface area (Å²) in [7, 11) is 1.27. The number of nitrogens with two attached hydrogens (primary N) is 1. The fourth-order valence-corrected chi connectivity index (χ4v) is 3.50. The zero-order chi connectivity index (χ0) is 22.4. The average Bonchev–Trinajstić information content (AvgIpc) is 3.19. The third kappa shape index (κ3) is 5.13. The van der Waals surface area contributed by atoms with Crippen LogP contribution in [0.25, 0.3) is 11.3 Å². The predicted molar refractivity (Wildman–Crippen MR) is 114 cm³/mol. The van der Waals surface area contributed by atoms with Crippen molar-refractivity contribution in [3.63, 3.8) is 0 Å². The highest BCUT2D eigenvalue weighted by Crippen LogP contribution is 2.34. The van der Waals surface area contributed by atoms with E-state index in [1.54, 1.807) is 25.1 Å². The fraction of sp³-hybridized carbons (Fsp3) is 0.429. The van der Waals surface area contributed by atoms with Crippen molar-refractivity contribution in [2.24, 2.45) is 5.73 Å². The molecule has 164 valence electrons. The maximum absolute atomic E-state index is 12.6. The summed E-state index contributed by atoms with van der Waals surface area (Å²) in [5.41, 5.74) is 8.58. The van der Waals surface area contributed by atoms with Gasteiger partial charge in [-0.2, -0.15) is 5.26 Å². The SMILES string of the molecule is CCOC(=O)[C@H]1CCCC[C@H](N)c2nc(C#N)c([nH]2)-c2ccc(NC(=O)OC)cc2N1. The summed E-state index contributed by atoms with van der Waals surface area (Å²) in [6.45, 7) is 2.02. The van der Waals surface area contributed by atoms with E-state index >= 15 is 0 Å². The molecule has 1 amide bonds. The van der Waals surface area contributed by atoms with Crippen molar-refractivity contribution in [2.45, 2.75) is 44.7 Å². The number of amides is 1. The van der Waals surface area contributed by atoms with Crippen LogP contribution in [0.15, 0.2) is 18.2 Å². The summed E-state index contributed by atoms with van der Waals surface area (Å²) in [6, 6.07) is 6.22. The number of H-pyrrole nitrogens is 1. The number of carbonyl (C=O) groups excluding carboxylic acids is 2. The first-order chi connectivity index (χ1) is 15.0. The molecule has 2 heterocycles. The van der Waals surface area contributed by atoms with Gasteiger partial charge in [-0.25, -0.2) is 14.6 Å². The van der Waals surface area contributed by atoms with Gasteiger partial charge in [0.25, 0.3) is 0 Å². The number of nitriles is 1. The Hall–Kier alpha value is -3.58. The van der Waals surface area contributed by atoms with Crippen LogP contribution in [0.4, 0.5) is 16.2 Å². The smallest absolute Gasteiger partial charge is 0.411 e. The summed E-state index contributed by atoms with van der Waals surface area (Å²) in [6.07, 6.45) is 2.13. The van der Waals surface area contributed by atoms with E-state index in [0.717, 1.165) is 12.8 Å². The Morgan fingerprint density at radius 1 is 1.35 bits per heavy atom. The number of ether oxygens (including phenoxy) is 2. The quantitative estimate of drug-likeness (QED) is 0.546. The monoisotopic (exact) mass is 426 g/mol. The van der Waals surface area contributed by atoms with Crippen LogP contribution >= 0.6 is 0 Å². The number of nitrogens with one attached hydrogen (secondary N) is 3. The van der Waals surface area contributed by atoms with Gasteiger partial charge in [0.15, 0.2) is 5.69 Å². The first-order valence-corrected chi connectivity index (χ1v) is 10.1. The van der Waals surface area contributed by atoms with Crippen molar-refractivity contribution >= 4 is 23.4 Å². The molecule has 0 saturated heterocycles. The molecule has 1 aromatic heterocycles. The average molecular weight is 426 g/mol. The van der Waals surface area contributed by atoms with E-state index in [0.29, 0.717) is 41.3 Å². The van der Waals surface area contributed by atoms with Crippen LogP contribution in [0.2, 0.25) is 0 Å². The molecule has 3 rings (SSSR count). The number of benzene rings is 1. The van der Waals surface area contributed by atoms with Crippen LogP contribution in [-0.4, -0.2) is 41.8 Å². The van der Waals surface area contributed by atoms with Gasteiger partial charge in [0, 0.05) is 16.9 Å². The molecular weight excluding hydrogens is 400 g/mol. The molecule has 2 aromatic rings. The van der Waals surface area contributed by atoms with Gasteiger partial charge in [-0.3, -0.25) is 5.32 Å². The zero-order valence-corrected chi connectivity index (χ0v) is 17.5. The highest BCUT2D eigenvalue weighted by molar-refractivity contribution is 5.90. The van der Waals surface area contributed by atoms with Crippen molar-refractivity contribution < 1.29 is 19.1 Å². The van der Waals surface area contributed by atoms with Gasteiger partial charge in [0.05, 0.1) is 25.5 Å². The number of aromatic nitrogens is 2. The molecule has 0 aliphatic carbocycles. The number of hydrogen-bond acceptors (Lipinski definition) is 8. The number of nitrogens with zero attached hydrogens (tertiary/aromatic N) is 2. The highest BCUT2D eigenvalue weighted by atomic mass is 16.5. The number of carbonyl (C=O) groups is 2. The van der Waals surface area contributed by atoms with Gasteiger partial charge in [-0.05, 0) is 38.0 Å². The van der Waals surface area contributed by atoms with E-state index in [4.69, 9.17) is 10.5 Å². The van der Waals surface area contributed by atoms with Crippen molar-refractivity contribution in [1.29, 1.82) is 5.26 Å². The van der Waals surface area contributed by atoms with Gasteiger partial charge >= 0.3 is 12.1 Å². The van der Waals surface area contributed by atoms with Crippen molar-refractivity contribution in [3.05, 3.63) is 29.7 Å². The van der Waals surface area contributed by atoms with Crippen LogP contribution in [0, 0.1) is 11.3 Å². The third-order valence-corrected chi connectivity index (χ3v) is 5.06. The Morgan fingerprint density at radius 3 is 2.84 bits per heavy atom. The first-order valence-electron chi connectivity index (χ1n) is 10.1. The molecular formula is C21H26N6O4. The van der Waals surface area contributed by atoms with Crippen molar-refractivity contribution in [2.75, 3.05) is 24.4 Å². The molecule has 2 atom stereocenters. The van der Waals surface area contributed by atoms with Gasteiger partial charge in [0.1, 0.15) is 17.9 Å². The lowest BCUT2D eigenvalue weighted by Crippen LogP contribution is -2.32. The molecule has 5 N–H and O–H groups in total. The zero-order valence-electron chi connectivity index (χ0n) is 17.5. The molecule has 31 heavy (non-hydrogen) atoms. The van der Waals surface area contributed by atoms with E-state index in [9.17, 15) is 14.9 Å². The molecule has 1 aromatic carbocycles. The Kier molecular flexibility index (Phi) is 7.10. The molecule has 1 aliphatic rings. The summed E-state index contributed by atoms with van der Waals surface area (Å²) in [4.78, 5) is 31.8. The van der Waals surface area contributed by atoms with E-state index < -0.39 is 12.1 Å². The Balaban J connectivity index is 2.11. The van der Waals surface area contributed by atoms with Crippen LogP contribution in [-0.2, 0) is 14.3 Å². The van der Waals surface area contributed by atoms with E-state index in [1.165, 1.54) is 7.11 Å². The molecule has 0 spiro atoms. The summed E-state index contributed by atoms with van der Waals surface area (Å²) >= 11 is 0. The largest absolute Gasteiger partial charge is 0.464 e. The molecule has 10 heteroatoms. The summed E-state index contributed by atoms with van der Waals surface area (Å²) in [5.74, 6) is 0.170. The molecule has 10 nitrogen and oxygen atoms in total. The lowest BCUT2D eigenvalue weighted by Gasteiger charge is -2.22. The second-order valence-corrected chi connectivity index (χ2v) is 7.17. The van der Waals surface area contributed by atoms with Crippen LogP contribution in [0.3, 0.4) is 0 Å². The molecule has 0 radical (unpaired) electrons. The number of methoxy groups -OCH3 is 1. The van der Waals surface area contributed by atoms with Gasteiger partial charge < -0.3 is 25.5 Å². The maximum atomic E-state index is 12.6. The van der Waals surface area contributed by atoms with E-state index in [2.05, 4.69) is 31.4 Å². The second-order valence-electron chi connectivity index (χ2n) is 7.17. The maximum Gasteiger partial charge on any atom is 0.411 e. The van der Waals surface area contributed by atoms with E-state index in [1.807, 2.05) is 0 Å². The third-order valence-electron chi connectivity index (χ3n) is 5.06. The lowest BCUT2D eigenvalue weighted by molar-refractivity contribution is -0.144. The van der Waals surface area contributed by atoms with Crippen LogP contribution in [0.1, 0.15) is 50.2 Å². The molecule has 0 saturated carbocycles. The molecule has 0 fully saturated rings. The molecule has 2 bridgehead atoms. The topological polar surface area (TPSA) is 155 Å². The summed E-state index contributed by atoms with van der Waals surface area (Å²) < 4.78 is 9.89. The normalized spacial score (nSPS) is 18.3. The minimum atomic E-state index is -0.623. The number of imidazole rings is 1. The molecule has 0 unspecified atom stereocenters. The Bertz CT molecular complexity index is 996. The number of anilines is 2. The molecule has 1 aliphatic heterocycles. The fourth-order valence-electron chi connectivity index (χ4n) is 3.50. The Morgan fingerprint density at radius 2 is 2.13 bits per heavy atom. The van der Waals surface area contributed by atoms with Gasteiger partial charge in [-0.1, -0.05) is 12.8 Å². The number of rotatable bonds is 3. The number of esters is 1. The van der Waals surface area contributed by atoms with Gasteiger partial charge in [0.2, 0.25) is 0 Å². The summed E-state index contributed by atoms with van der Waals surface area (Å²) in [5, 5.41) is 15.5.